The van der Waals surface area contributed by atoms with Gasteiger partial charge in [0.1, 0.15) is 0 Å². The Morgan fingerprint density at radius 2 is 2.00 bits per heavy atom. The fourth-order valence-corrected chi connectivity index (χ4v) is 1.69. The standard InChI is InChI=1S/C15H24N2O2/c1-9(2)11(4)8-17-12-6-10(3)14(16)13(7-12)15(18)19-5/h6-7,9,11,17H,8,16H2,1-5H3. The van der Waals surface area contributed by atoms with E-state index in [-0.39, 0.29) is 0 Å². The molecule has 0 bridgehead atoms. The van der Waals surface area contributed by atoms with Crippen molar-refractivity contribution < 1.29 is 9.53 Å². The van der Waals surface area contributed by atoms with Crippen LogP contribution in [0, 0.1) is 18.8 Å². The predicted molar refractivity (Wildman–Crippen MR) is 79.4 cm³/mol. The largest absolute Gasteiger partial charge is 0.465 e. The second-order valence-corrected chi connectivity index (χ2v) is 5.35. The number of carbonyl (C=O) groups excluding carboxylic acids is 1. The van der Waals surface area contributed by atoms with Crippen LogP contribution >= 0.6 is 0 Å². The van der Waals surface area contributed by atoms with Crippen LogP contribution < -0.4 is 11.1 Å². The number of nitrogen functional groups attached to an aromatic ring is 1. The molecule has 19 heavy (non-hydrogen) atoms. The molecule has 1 aromatic rings. The third-order valence-electron chi connectivity index (χ3n) is 3.56. The van der Waals surface area contributed by atoms with Gasteiger partial charge < -0.3 is 15.8 Å². The molecule has 1 aromatic carbocycles. The van der Waals surface area contributed by atoms with Gasteiger partial charge in [-0.05, 0) is 36.5 Å². The van der Waals surface area contributed by atoms with Crippen LogP contribution in [0.5, 0.6) is 0 Å². The molecule has 0 aliphatic heterocycles. The highest BCUT2D eigenvalue weighted by atomic mass is 16.5. The van der Waals surface area contributed by atoms with E-state index in [1.807, 2.05) is 13.0 Å². The van der Waals surface area contributed by atoms with E-state index in [1.54, 1.807) is 6.07 Å². The number of carbonyl (C=O) groups is 1. The normalized spacial score (nSPS) is 12.3. The molecular formula is C15H24N2O2. The second-order valence-electron chi connectivity index (χ2n) is 5.35. The van der Waals surface area contributed by atoms with E-state index >= 15 is 0 Å². The number of ether oxygens (including phenoxy) is 1. The summed E-state index contributed by atoms with van der Waals surface area (Å²) in [6.45, 7) is 9.34. The Labute approximate surface area is 115 Å². The summed E-state index contributed by atoms with van der Waals surface area (Å²) in [5, 5.41) is 3.35. The van der Waals surface area contributed by atoms with Crippen LogP contribution in [0.1, 0.15) is 36.7 Å². The van der Waals surface area contributed by atoms with E-state index < -0.39 is 5.97 Å². The Hall–Kier alpha value is -1.71. The van der Waals surface area contributed by atoms with Crippen LogP contribution in [0.2, 0.25) is 0 Å². The van der Waals surface area contributed by atoms with Gasteiger partial charge in [0.15, 0.2) is 0 Å². The predicted octanol–water partition coefficient (Wildman–Crippen LogP) is 3.07. The van der Waals surface area contributed by atoms with Gasteiger partial charge >= 0.3 is 5.97 Å². The Kier molecular flexibility index (Phi) is 5.21. The van der Waals surface area contributed by atoms with Gasteiger partial charge in [-0.15, -0.1) is 0 Å². The molecule has 0 saturated heterocycles. The fraction of sp³-hybridized carbons (Fsp3) is 0.533. The lowest BCUT2D eigenvalue weighted by atomic mass is 9.98. The van der Waals surface area contributed by atoms with Crippen LogP contribution in [0.4, 0.5) is 11.4 Å². The molecule has 106 valence electrons. The van der Waals surface area contributed by atoms with Gasteiger partial charge in [0.25, 0.3) is 0 Å². The number of nitrogens with two attached hydrogens (primary N) is 1. The molecule has 0 spiro atoms. The maximum atomic E-state index is 11.7. The summed E-state index contributed by atoms with van der Waals surface area (Å²) >= 11 is 0. The zero-order chi connectivity index (χ0) is 14.6. The molecule has 0 radical (unpaired) electrons. The number of esters is 1. The lowest BCUT2D eigenvalue weighted by molar-refractivity contribution is 0.0602. The molecule has 0 amide bonds. The number of methoxy groups -OCH3 is 1. The number of hydrogen-bond acceptors (Lipinski definition) is 4. The number of hydrogen-bond donors (Lipinski definition) is 2. The van der Waals surface area contributed by atoms with Crippen molar-refractivity contribution in [1.29, 1.82) is 0 Å². The topological polar surface area (TPSA) is 64.3 Å². The third-order valence-corrected chi connectivity index (χ3v) is 3.56. The first-order valence-corrected chi connectivity index (χ1v) is 6.59. The van der Waals surface area contributed by atoms with E-state index in [0.717, 1.165) is 17.8 Å². The minimum absolute atomic E-state index is 0.402. The van der Waals surface area contributed by atoms with Crippen molar-refractivity contribution in [1.82, 2.24) is 0 Å². The average Bonchev–Trinajstić information content (AvgIpc) is 2.38. The average molecular weight is 264 g/mol. The molecular weight excluding hydrogens is 240 g/mol. The first-order valence-electron chi connectivity index (χ1n) is 6.59. The maximum absolute atomic E-state index is 11.7. The van der Waals surface area contributed by atoms with Crippen molar-refractivity contribution in [3.63, 3.8) is 0 Å². The molecule has 0 aromatic heterocycles. The van der Waals surface area contributed by atoms with Gasteiger partial charge in [0.05, 0.1) is 12.7 Å². The summed E-state index contributed by atoms with van der Waals surface area (Å²) < 4.78 is 4.74. The summed E-state index contributed by atoms with van der Waals surface area (Å²) in [7, 11) is 1.36. The van der Waals surface area contributed by atoms with Crippen molar-refractivity contribution in [2.45, 2.75) is 27.7 Å². The Morgan fingerprint density at radius 3 is 2.53 bits per heavy atom. The van der Waals surface area contributed by atoms with E-state index in [4.69, 9.17) is 10.5 Å². The summed E-state index contributed by atoms with van der Waals surface area (Å²) in [6.07, 6.45) is 0. The number of nitrogens with one attached hydrogen (secondary N) is 1. The van der Waals surface area contributed by atoms with Crippen molar-refractivity contribution >= 4 is 17.3 Å². The molecule has 3 N–H and O–H groups in total. The number of benzene rings is 1. The zero-order valence-corrected chi connectivity index (χ0v) is 12.4. The van der Waals surface area contributed by atoms with Crippen molar-refractivity contribution in [3.05, 3.63) is 23.3 Å². The fourth-order valence-electron chi connectivity index (χ4n) is 1.69. The molecule has 4 heteroatoms. The minimum atomic E-state index is -0.402. The first kappa shape index (κ1) is 15.3. The summed E-state index contributed by atoms with van der Waals surface area (Å²) in [5.41, 5.74) is 8.58. The highest BCUT2D eigenvalue weighted by Crippen LogP contribution is 2.24. The molecule has 1 atom stereocenters. The molecule has 4 nitrogen and oxygen atoms in total. The number of rotatable bonds is 5. The van der Waals surface area contributed by atoms with Crippen molar-refractivity contribution in [2.75, 3.05) is 24.7 Å². The highest BCUT2D eigenvalue weighted by Gasteiger charge is 2.14. The van der Waals surface area contributed by atoms with E-state index in [0.29, 0.717) is 23.1 Å². The van der Waals surface area contributed by atoms with Gasteiger partial charge in [0, 0.05) is 17.9 Å². The highest BCUT2D eigenvalue weighted by molar-refractivity contribution is 5.97. The molecule has 1 rings (SSSR count). The monoisotopic (exact) mass is 264 g/mol. The van der Waals surface area contributed by atoms with Crippen LogP contribution in [-0.2, 0) is 4.74 Å². The van der Waals surface area contributed by atoms with Crippen LogP contribution in [0.15, 0.2) is 12.1 Å². The molecule has 0 heterocycles. The van der Waals surface area contributed by atoms with Gasteiger partial charge in [-0.25, -0.2) is 4.79 Å². The van der Waals surface area contributed by atoms with Crippen LogP contribution in [0.25, 0.3) is 0 Å². The van der Waals surface area contributed by atoms with E-state index in [2.05, 4.69) is 26.1 Å². The van der Waals surface area contributed by atoms with Crippen LogP contribution in [0.3, 0.4) is 0 Å². The SMILES string of the molecule is COC(=O)c1cc(NCC(C)C(C)C)cc(C)c1N. The van der Waals surface area contributed by atoms with Crippen molar-refractivity contribution in [2.24, 2.45) is 11.8 Å². The van der Waals surface area contributed by atoms with Gasteiger partial charge in [-0.2, -0.15) is 0 Å². The van der Waals surface area contributed by atoms with Gasteiger partial charge in [0.2, 0.25) is 0 Å². The van der Waals surface area contributed by atoms with E-state index in [9.17, 15) is 4.79 Å². The van der Waals surface area contributed by atoms with Crippen molar-refractivity contribution in [3.8, 4) is 0 Å². The smallest absolute Gasteiger partial charge is 0.340 e. The molecule has 0 aliphatic carbocycles. The number of anilines is 2. The Morgan fingerprint density at radius 1 is 1.37 bits per heavy atom. The molecule has 0 fully saturated rings. The summed E-state index contributed by atoms with van der Waals surface area (Å²) in [4.78, 5) is 11.7. The lowest BCUT2D eigenvalue weighted by Crippen LogP contribution is -2.17. The summed E-state index contributed by atoms with van der Waals surface area (Å²) in [6, 6.07) is 3.70. The maximum Gasteiger partial charge on any atom is 0.340 e. The van der Waals surface area contributed by atoms with Gasteiger partial charge in [-0.1, -0.05) is 20.8 Å². The zero-order valence-electron chi connectivity index (χ0n) is 12.4. The van der Waals surface area contributed by atoms with Gasteiger partial charge in [-0.3, -0.25) is 0 Å². The summed E-state index contributed by atoms with van der Waals surface area (Å²) in [5.74, 6) is 0.767. The third kappa shape index (κ3) is 3.88. The lowest BCUT2D eigenvalue weighted by Gasteiger charge is -2.18. The Balaban J connectivity index is 2.91. The van der Waals surface area contributed by atoms with E-state index in [1.165, 1.54) is 7.11 Å². The Bertz CT molecular complexity index is 456. The quantitative estimate of drug-likeness (QED) is 0.633. The number of aryl methyl sites for hydroxylation is 1. The van der Waals surface area contributed by atoms with Crippen LogP contribution in [-0.4, -0.2) is 19.6 Å². The molecule has 1 unspecified atom stereocenters. The second kappa shape index (κ2) is 6.45. The molecule has 0 saturated carbocycles. The first-order chi connectivity index (χ1) is 8.86. The minimum Gasteiger partial charge on any atom is -0.465 e. The molecule has 0 aliphatic rings.